The van der Waals surface area contributed by atoms with Gasteiger partial charge >= 0.3 is 0 Å². The molecule has 2 aliphatic rings. The SMILES string of the molecule is CN1CCN(c2ccccc2CC2CCCN2)CC1=O. The van der Waals surface area contributed by atoms with Crippen molar-refractivity contribution in [3.8, 4) is 0 Å². The summed E-state index contributed by atoms with van der Waals surface area (Å²) < 4.78 is 0. The highest BCUT2D eigenvalue weighted by atomic mass is 16.2. The number of hydrogen-bond donors (Lipinski definition) is 1. The Morgan fingerprint density at radius 3 is 2.90 bits per heavy atom. The number of likely N-dealkylation sites (N-methyl/N-ethyl adjacent to an activating group) is 1. The zero-order valence-corrected chi connectivity index (χ0v) is 12.1. The predicted molar refractivity (Wildman–Crippen MR) is 81.0 cm³/mol. The molecule has 1 amide bonds. The number of piperazine rings is 1. The van der Waals surface area contributed by atoms with E-state index < -0.39 is 0 Å². The molecule has 108 valence electrons. The number of anilines is 1. The van der Waals surface area contributed by atoms with Gasteiger partial charge in [0.05, 0.1) is 6.54 Å². The number of nitrogens with zero attached hydrogens (tertiary/aromatic N) is 2. The standard InChI is InChI=1S/C16H23N3O/c1-18-9-10-19(12-16(18)20)15-7-3-2-5-13(15)11-14-6-4-8-17-14/h2-3,5,7,14,17H,4,6,8-12H2,1H3. The lowest BCUT2D eigenvalue weighted by Gasteiger charge is -2.35. The Balaban J connectivity index is 1.76. The molecule has 0 aromatic heterocycles. The van der Waals surface area contributed by atoms with Gasteiger partial charge in [-0.1, -0.05) is 18.2 Å². The minimum Gasteiger partial charge on any atom is -0.360 e. The second-order valence-corrected chi connectivity index (χ2v) is 5.86. The third-order valence-corrected chi connectivity index (χ3v) is 4.42. The van der Waals surface area contributed by atoms with Crippen LogP contribution in [0.15, 0.2) is 24.3 Å². The minimum atomic E-state index is 0.213. The van der Waals surface area contributed by atoms with Gasteiger partial charge in [-0.2, -0.15) is 0 Å². The molecule has 4 heteroatoms. The normalized spacial score (nSPS) is 23.4. The largest absolute Gasteiger partial charge is 0.360 e. The third-order valence-electron chi connectivity index (χ3n) is 4.42. The Bertz CT molecular complexity index is 482. The molecule has 0 bridgehead atoms. The minimum absolute atomic E-state index is 0.213. The van der Waals surface area contributed by atoms with Crippen LogP contribution in [0.2, 0.25) is 0 Å². The van der Waals surface area contributed by atoms with Crippen LogP contribution in [0.1, 0.15) is 18.4 Å². The lowest BCUT2D eigenvalue weighted by atomic mass is 10.0. The molecule has 1 unspecified atom stereocenters. The Kier molecular flexibility index (Phi) is 3.92. The van der Waals surface area contributed by atoms with Crippen LogP contribution in [-0.2, 0) is 11.2 Å². The van der Waals surface area contributed by atoms with E-state index in [-0.39, 0.29) is 5.91 Å². The van der Waals surface area contributed by atoms with Crippen LogP contribution in [0.4, 0.5) is 5.69 Å². The number of nitrogens with one attached hydrogen (secondary N) is 1. The van der Waals surface area contributed by atoms with E-state index in [2.05, 4.69) is 34.5 Å². The first-order valence-electron chi connectivity index (χ1n) is 7.54. The average molecular weight is 273 g/mol. The van der Waals surface area contributed by atoms with Crippen LogP contribution in [-0.4, -0.2) is 50.1 Å². The molecule has 2 fully saturated rings. The van der Waals surface area contributed by atoms with Crippen molar-refractivity contribution in [2.45, 2.75) is 25.3 Å². The van der Waals surface area contributed by atoms with Crippen LogP contribution < -0.4 is 10.2 Å². The van der Waals surface area contributed by atoms with Crippen LogP contribution in [0, 0.1) is 0 Å². The molecule has 0 radical (unpaired) electrons. The zero-order chi connectivity index (χ0) is 13.9. The van der Waals surface area contributed by atoms with Crippen LogP contribution in [0.5, 0.6) is 0 Å². The molecule has 2 heterocycles. The Morgan fingerprint density at radius 1 is 1.30 bits per heavy atom. The molecule has 0 spiro atoms. The van der Waals surface area contributed by atoms with Gasteiger partial charge < -0.3 is 15.1 Å². The van der Waals surface area contributed by atoms with Crippen molar-refractivity contribution in [1.29, 1.82) is 0 Å². The van der Waals surface area contributed by atoms with Crippen LogP contribution in [0.25, 0.3) is 0 Å². The van der Waals surface area contributed by atoms with E-state index in [9.17, 15) is 4.79 Å². The van der Waals surface area contributed by atoms with Crippen molar-refractivity contribution >= 4 is 11.6 Å². The van der Waals surface area contributed by atoms with Gasteiger partial charge in [0.2, 0.25) is 5.91 Å². The van der Waals surface area contributed by atoms with Gasteiger partial charge in [-0.25, -0.2) is 0 Å². The molecule has 2 aliphatic heterocycles. The number of hydrogen-bond acceptors (Lipinski definition) is 3. The highest BCUT2D eigenvalue weighted by Crippen LogP contribution is 2.24. The second kappa shape index (κ2) is 5.83. The average Bonchev–Trinajstić information content (AvgIpc) is 2.96. The monoisotopic (exact) mass is 273 g/mol. The highest BCUT2D eigenvalue weighted by molar-refractivity contribution is 5.83. The van der Waals surface area contributed by atoms with Crippen molar-refractivity contribution in [1.82, 2.24) is 10.2 Å². The summed E-state index contributed by atoms with van der Waals surface area (Å²) in [6.07, 6.45) is 3.60. The van der Waals surface area contributed by atoms with Crippen molar-refractivity contribution in [2.24, 2.45) is 0 Å². The van der Waals surface area contributed by atoms with Gasteiger partial charge in [0.15, 0.2) is 0 Å². The summed E-state index contributed by atoms with van der Waals surface area (Å²) in [6.45, 7) is 3.39. The number of para-hydroxylation sites is 1. The Morgan fingerprint density at radius 2 is 2.15 bits per heavy atom. The molecule has 1 atom stereocenters. The fourth-order valence-corrected chi connectivity index (χ4v) is 3.15. The summed E-state index contributed by atoms with van der Waals surface area (Å²) in [5, 5.41) is 3.56. The molecule has 20 heavy (non-hydrogen) atoms. The first-order chi connectivity index (χ1) is 9.74. The molecule has 0 saturated carbocycles. The molecule has 1 aromatic rings. The Labute approximate surface area is 120 Å². The van der Waals surface area contributed by atoms with E-state index in [1.54, 1.807) is 0 Å². The number of carbonyl (C=O) groups excluding carboxylic acids is 1. The Hall–Kier alpha value is -1.55. The fraction of sp³-hybridized carbons (Fsp3) is 0.562. The van der Waals surface area contributed by atoms with Gasteiger partial charge in [0.1, 0.15) is 0 Å². The maximum atomic E-state index is 11.9. The lowest BCUT2D eigenvalue weighted by molar-refractivity contribution is -0.129. The zero-order valence-electron chi connectivity index (χ0n) is 12.1. The topological polar surface area (TPSA) is 35.6 Å². The van der Waals surface area contributed by atoms with Gasteiger partial charge in [0, 0.05) is 31.9 Å². The maximum absolute atomic E-state index is 11.9. The van der Waals surface area contributed by atoms with Gasteiger partial charge in [0.25, 0.3) is 0 Å². The second-order valence-electron chi connectivity index (χ2n) is 5.86. The fourth-order valence-electron chi connectivity index (χ4n) is 3.15. The summed E-state index contributed by atoms with van der Waals surface area (Å²) in [4.78, 5) is 16.0. The quantitative estimate of drug-likeness (QED) is 0.900. The molecule has 1 N–H and O–H groups in total. The highest BCUT2D eigenvalue weighted by Gasteiger charge is 2.23. The van der Waals surface area contributed by atoms with Gasteiger partial charge in [-0.05, 0) is 37.4 Å². The molecule has 3 rings (SSSR count). The van der Waals surface area contributed by atoms with Gasteiger partial charge in [-0.3, -0.25) is 4.79 Å². The summed E-state index contributed by atoms with van der Waals surface area (Å²) in [6, 6.07) is 9.13. The first-order valence-corrected chi connectivity index (χ1v) is 7.54. The molecular weight excluding hydrogens is 250 g/mol. The molecular formula is C16H23N3O. The summed E-state index contributed by atoms with van der Waals surface area (Å²) >= 11 is 0. The number of rotatable bonds is 3. The summed E-state index contributed by atoms with van der Waals surface area (Å²) in [7, 11) is 1.88. The van der Waals surface area contributed by atoms with Crippen molar-refractivity contribution in [3.63, 3.8) is 0 Å². The summed E-state index contributed by atoms with van der Waals surface area (Å²) in [5.74, 6) is 0.213. The van der Waals surface area contributed by atoms with Crippen molar-refractivity contribution < 1.29 is 4.79 Å². The van der Waals surface area contributed by atoms with E-state index in [0.717, 1.165) is 26.1 Å². The van der Waals surface area contributed by atoms with Crippen LogP contribution in [0.3, 0.4) is 0 Å². The first kappa shape index (κ1) is 13.4. The van der Waals surface area contributed by atoms with E-state index >= 15 is 0 Å². The van der Waals surface area contributed by atoms with E-state index in [1.165, 1.54) is 24.1 Å². The molecule has 0 aliphatic carbocycles. The molecule has 1 aromatic carbocycles. The smallest absolute Gasteiger partial charge is 0.241 e. The maximum Gasteiger partial charge on any atom is 0.241 e. The number of carbonyl (C=O) groups is 1. The lowest BCUT2D eigenvalue weighted by Crippen LogP contribution is -2.48. The molecule has 4 nitrogen and oxygen atoms in total. The third kappa shape index (κ3) is 2.80. The number of benzene rings is 1. The van der Waals surface area contributed by atoms with Gasteiger partial charge in [-0.15, -0.1) is 0 Å². The van der Waals surface area contributed by atoms with E-state index in [0.29, 0.717) is 12.6 Å². The predicted octanol–water partition coefficient (Wildman–Crippen LogP) is 1.26. The van der Waals surface area contributed by atoms with Crippen LogP contribution >= 0.6 is 0 Å². The van der Waals surface area contributed by atoms with E-state index in [4.69, 9.17) is 0 Å². The summed E-state index contributed by atoms with van der Waals surface area (Å²) in [5.41, 5.74) is 2.60. The molecule has 2 saturated heterocycles. The number of amides is 1. The van der Waals surface area contributed by atoms with E-state index in [1.807, 2.05) is 11.9 Å². The van der Waals surface area contributed by atoms with Crippen molar-refractivity contribution in [2.75, 3.05) is 38.1 Å². The van der Waals surface area contributed by atoms with Crippen molar-refractivity contribution in [3.05, 3.63) is 29.8 Å².